The van der Waals surface area contributed by atoms with Crippen molar-refractivity contribution >= 4 is 7.82 Å². The zero-order chi connectivity index (χ0) is 16.9. The quantitative estimate of drug-likeness (QED) is 0.271. The highest BCUT2D eigenvalue weighted by Crippen LogP contribution is 2.41. The third-order valence-electron chi connectivity index (χ3n) is 3.74. The lowest BCUT2D eigenvalue weighted by atomic mass is 9.98. The van der Waals surface area contributed by atoms with Crippen molar-refractivity contribution in [2.45, 2.75) is 57.4 Å². The van der Waals surface area contributed by atoms with Gasteiger partial charge in [0.2, 0.25) is 0 Å². The van der Waals surface area contributed by atoms with Crippen LogP contribution in [0.5, 0.6) is 0 Å². The van der Waals surface area contributed by atoms with Crippen LogP contribution in [0.25, 0.3) is 0 Å². The molecule has 11 N–H and O–H groups in total. The van der Waals surface area contributed by atoms with Crippen molar-refractivity contribution in [3.05, 3.63) is 0 Å². The summed E-state index contributed by atoms with van der Waals surface area (Å²) >= 11 is 0. The molecule has 1 aliphatic heterocycles. The molecule has 0 unspecified atom stereocenters. The van der Waals surface area contributed by atoms with Gasteiger partial charge in [0, 0.05) is 0 Å². The Morgan fingerprint density at radius 2 is 1.67 bits per heavy atom. The number of aliphatic hydroxyl groups is 3. The van der Waals surface area contributed by atoms with Crippen LogP contribution in [-0.4, -0.2) is 69.0 Å². The summed E-state index contributed by atoms with van der Waals surface area (Å²) in [5.74, 6) is 0.218. The first-order valence-corrected chi connectivity index (χ1v) is 8.74. The van der Waals surface area contributed by atoms with Crippen LogP contribution in [0, 0.1) is 5.92 Å². The van der Waals surface area contributed by atoms with Gasteiger partial charge in [0.05, 0.1) is 13.2 Å². The first-order valence-electron chi connectivity index (χ1n) is 7.21. The molecule has 5 atom stereocenters. The van der Waals surface area contributed by atoms with Crippen LogP contribution < -0.4 is 12.3 Å². The molecule has 12 heteroatoms. The van der Waals surface area contributed by atoms with Crippen molar-refractivity contribution < 1.29 is 43.7 Å². The van der Waals surface area contributed by atoms with Gasteiger partial charge in [0.15, 0.2) is 6.29 Å². The van der Waals surface area contributed by atoms with Crippen LogP contribution in [0.15, 0.2) is 0 Å². The van der Waals surface area contributed by atoms with E-state index in [1.165, 1.54) is 0 Å². The lowest BCUT2D eigenvalue weighted by Crippen LogP contribution is -2.60. The molecule has 1 fully saturated rings. The number of aliphatic hydroxyl groups excluding tert-OH is 3. The van der Waals surface area contributed by atoms with E-state index in [1.54, 1.807) is 0 Å². The van der Waals surface area contributed by atoms with Crippen molar-refractivity contribution in [1.82, 2.24) is 12.3 Å². The summed E-state index contributed by atoms with van der Waals surface area (Å²) in [6, 6.07) is 0. The lowest BCUT2D eigenvalue weighted by Gasteiger charge is -2.41. The van der Waals surface area contributed by atoms with E-state index in [0.717, 1.165) is 12.8 Å². The maximum Gasteiger partial charge on any atom is 0.472 e. The van der Waals surface area contributed by atoms with E-state index >= 15 is 0 Å². The monoisotopic (exact) mass is 378 g/mol. The van der Waals surface area contributed by atoms with E-state index in [9.17, 15) is 19.9 Å². The highest BCUT2D eigenvalue weighted by molar-refractivity contribution is 7.46. The Labute approximate surface area is 141 Å². The fourth-order valence-corrected chi connectivity index (χ4v) is 2.69. The van der Waals surface area contributed by atoms with Gasteiger partial charge in [-0.25, -0.2) is 4.57 Å². The molecule has 0 bridgehead atoms. The van der Waals surface area contributed by atoms with Crippen LogP contribution in [0.3, 0.4) is 0 Å². The molecule has 0 aromatic carbocycles. The minimum atomic E-state index is -4.91. The molecule has 1 heterocycles. The van der Waals surface area contributed by atoms with E-state index in [2.05, 4.69) is 4.52 Å². The molecule has 1 aliphatic rings. The lowest BCUT2D eigenvalue weighted by molar-refractivity contribution is -0.290. The third kappa shape index (κ3) is 7.38. The average Bonchev–Trinajstić information content (AvgIpc) is 2.44. The molecular formula is C12H31N2O9P. The zero-order valence-corrected chi connectivity index (χ0v) is 14.9. The number of phosphoric acid groups is 1. The van der Waals surface area contributed by atoms with Crippen molar-refractivity contribution in [1.29, 1.82) is 0 Å². The van der Waals surface area contributed by atoms with E-state index in [1.807, 2.05) is 13.8 Å². The van der Waals surface area contributed by atoms with E-state index in [0.29, 0.717) is 0 Å². The summed E-state index contributed by atoms with van der Waals surface area (Å²) in [5, 5.41) is 29.3. The Morgan fingerprint density at radius 3 is 2.08 bits per heavy atom. The van der Waals surface area contributed by atoms with Crippen molar-refractivity contribution in [2.24, 2.45) is 5.92 Å². The third-order valence-corrected chi connectivity index (χ3v) is 4.22. The number of hydrogen-bond donors (Lipinski definition) is 7. The second-order valence-electron chi connectivity index (χ2n) is 5.28. The molecule has 148 valence electrons. The Balaban J connectivity index is 0. The van der Waals surface area contributed by atoms with E-state index in [-0.39, 0.29) is 24.8 Å². The maximum absolute atomic E-state index is 10.9. The highest BCUT2D eigenvalue weighted by atomic mass is 31.2. The minimum absolute atomic E-state index is 0. The van der Waals surface area contributed by atoms with Crippen LogP contribution in [0.1, 0.15) is 26.7 Å². The largest absolute Gasteiger partial charge is 0.472 e. The SMILES string of the molecule is CCC(CC)CO[C@@H]1[C@@H](O)[C@@H](OP(=O)(O)O)O[C@H](CO)[C@H]1O.N.N. The molecule has 24 heavy (non-hydrogen) atoms. The van der Waals surface area contributed by atoms with Crippen molar-refractivity contribution in [3.8, 4) is 0 Å². The van der Waals surface area contributed by atoms with Crippen LogP contribution >= 0.6 is 7.82 Å². The van der Waals surface area contributed by atoms with E-state index in [4.69, 9.17) is 19.3 Å². The maximum atomic E-state index is 10.9. The standard InChI is InChI=1S/C12H25O9P.2H3N/c1-3-7(4-2)6-19-11-9(14)8(5-13)20-12(10(11)15)21-22(16,17)18;;/h7-15H,3-6H2,1-2H3,(H2,16,17,18);2*1H3/t8-,9-,10-,11+,12-;;/m1../s1. The van der Waals surface area contributed by atoms with Gasteiger partial charge < -0.3 is 46.9 Å². The van der Waals surface area contributed by atoms with Crippen molar-refractivity contribution in [3.63, 3.8) is 0 Å². The summed E-state index contributed by atoms with van der Waals surface area (Å²) in [4.78, 5) is 17.7. The van der Waals surface area contributed by atoms with Gasteiger partial charge in [0.25, 0.3) is 0 Å². The first-order chi connectivity index (χ1) is 10.2. The molecule has 0 spiro atoms. The summed E-state index contributed by atoms with van der Waals surface area (Å²) in [5.41, 5.74) is 0. The number of ether oxygens (including phenoxy) is 2. The van der Waals surface area contributed by atoms with Gasteiger partial charge in [0.1, 0.15) is 24.4 Å². The number of hydrogen-bond acceptors (Lipinski definition) is 9. The molecule has 0 saturated carbocycles. The minimum Gasteiger partial charge on any atom is -0.394 e. The predicted molar refractivity (Wildman–Crippen MR) is 84.7 cm³/mol. The van der Waals surface area contributed by atoms with Gasteiger partial charge in [-0.05, 0) is 5.92 Å². The second kappa shape index (κ2) is 11.4. The molecular weight excluding hydrogens is 347 g/mol. The average molecular weight is 378 g/mol. The molecule has 1 saturated heterocycles. The van der Waals surface area contributed by atoms with Gasteiger partial charge in [-0.2, -0.15) is 0 Å². The van der Waals surface area contributed by atoms with Crippen LogP contribution in [0.4, 0.5) is 0 Å². The van der Waals surface area contributed by atoms with Gasteiger partial charge in [-0.3, -0.25) is 4.52 Å². The fraction of sp³-hybridized carbons (Fsp3) is 1.00. The summed E-state index contributed by atoms with van der Waals surface area (Å²) in [7, 11) is -4.91. The van der Waals surface area contributed by atoms with Crippen molar-refractivity contribution in [2.75, 3.05) is 13.2 Å². The number of phosphoric ester groups is 1. The predicted octanol–water partition coefficient (Wildman–Crippen LogP) is -0.320. The normalized spacial score (nSPS) is 30.6. The van der Waals surface area contributed by atoms with Crippen LogP contribution in [-0.2, 0) is 18.6 Å². The Morgan fingerprint density at radius 1 is 1.12 bits per heavy atom. The van der Waals surface area contributed by atoms with E-state index < -0.39 is 45.1 Å². The smallest absolute Gasteiger partial charge is 0.394 e. The summed E-state index contributed by atoms with van der Waals surface area (Å²) < 4.78 is 25.7. The first kappa shape index (κ1) is 26.1. The molecule has 1 rings (SSSR count). The van der Waals surface area contributed by atoms with Gasteiger partial charge in [-0.1, -0.05) is 26.7 Å². The van der Waals surface area contributed by atoms with Gasteiger partial charge in [-0.15, -0.1) is 0 Å². The molecule has 0 aromatic heterocycles. The molecule has 0 aliphatic carbocycles. The molecule has 0 radical (unpaired) electrons. The Kier molecular flexibility index (Phi) is 12.4. The molecule has 0 amide bonds. The topological polar surface area (TPSA) is 216 Å². The molecule has 0 aromatic rings. The summed E-state index contributed by atoms with van der Waals surface area (Å²) in [6.07, 6.45) is -5.30. The summed E-state index contributed by atoms with van der Waals surface area (Å²) in [6.45, 7) is 3.60. The Hall–Kier alpha value is -0.170. The zero-order valence-electron chi connectivity index (χ0n) is 14.0. The fourth-order valence-electron chi connectivity index (χ4n) is 2.24. The second-order valence-corrected chi connectivity index (χ2v) is 6.48. The number of rotatable bonds is 8. The van der Waals surface area contributed by atoms with Crippen LogP contribution in [0.2, 0.25) is 0 Å². The Bertz CT molecular complexity index is 380. The highest BCUT2D eigenvalue weighted by Gasteiger charge is 2.47. The molecule has 11 nitrogen and oxygen atoms in total. The van der Waals surface area contributed by atoms with Gasteiger partial charge >= 0.3 is 7.82 Å².